The number of aryl methyl sites for hydroxylation is 1. The molecule has 0 radical (unpaired) electrons. The SMILES string of the molecule is Cn1cncc1CCNc1ncc(Br)cc1[N+](=O)[O-]. The molecule has 0 aliphatic heterocycles. The van der Waals surface area contributed by atoms with Crippen molar-refractivity contribution in [3.63, 3.8) is 0 Å². The first-order valence-electron chi connectivity index (χ1n) is 5.57. The van der Waals surface area contributed by atoms with Gasteiger partial charge >= 0.3 is 5.69 Å². The molecule has 0 aliphatic carbocycles. The predicted molar refractivity (Wildman–Crippen MR) is 74.0 cm³/mol. The molecule has 2 aromatic rings. The number of pyridine rings is 1. The average molecular weight is 326 g/mol. The predicted octanol–water partition coefficient (Wildman–Crippen LogP) is 2.14. The van der Waals surface area contributed by atoms with Crippen LogP contribution in [0.2, 0.25) is 0 Å². The van der Waals surface area contributed by atoms with Crippen molar-refractivity contribution < 1.29 is 4.92 Å². The monoisotopic (exact) mass is 325 g/mol. The van der Waals surface area contributed by atoms with Crippen LogP contribution >= 0.6 is 15.9 Å². The third kappa shape index (κ3) is 3.28. The van der Waals surface area contributed by atoms with Crippen molar-refractivity contribution in [1.29, 1.82) is 0 Å². The number of hydrogen-bond donors (Lipinski definition) is 1. The number of nitro groups is 1. The van der Waals surface area contributed by atoms with E-state index in [1.165, 1.54) is 12.3 Å². The summed E-state index contributed by atoms with van der Waals surface area (Å²) in [5.74, 6) is 0.273. The number of halogens is 1. The largest absolute Gasteiger partial charge is 0.364 e. The van der Waals surface area contributed by atoms with E-state index in [9.17, 15) is 10.1 Å². The van der Waals surface area contributed by atoms with E-state index in [0.29, 0.717) is 17.4 Å². The van der Waals surface area contributed by atoms with Crippen LogP contribution in [0.1, 0.15) is 5.69 Å². The van der Waals surface area contributed by atoms with Gasteiger partial charge in [-0.3, -0.25) is 10.1 Å². The van der Waals surface area contributed by atoms with Crippen molar-refractivity contribution in [2.75, 3.05) is 11.9 Å². The molecule has 0 bridgehead atoms. The summed E-state index contributed by atoms with van der Waals surface area (Å²) in [6.45, 7) is 0.551. The third-order valence-electron chi connectivity index (χ3n) is 2.62. The number of rotatable bonds is 5. The van der Waals surface area contributed by atoms with E-state index in [1.807, 2.05) is 11.6 Å². The van der Waals surface area contributed by atoms with Gasteiger partial charge in [0.1, 0.15) is 0 Å². The molecule has 7 nitrogen and oxygen atoms in total. The maximum Gasteiger partial charge on any atom is 0.312 e. The van der Waals surface area contributed by atoms with Crippen LogP contribution in [0, 0.1) is 10.1 Å². The van der Waals surface area contributed by atoms with Gasteiger partial charge in [-0.15, -0.1) is 0 Å². The van der Waals surface area contributed by atoms with Crippen molar-refractivity contribution in [1.82, 2.24) is 14.5 Å². The summed E-state index contributed by atoms with van der Waals surface area (Å²) < 4.78 is 2.49. The second-order valence-electron chi connectivity index (χ2n) is 3.95. The lowest BCUT2D eigenvalue weighted by Gasteiger charge is -2.06. The van der Waals surface area contributed by atoms with Crippen LogP contribution in [0.3, 0.4) is 0 Å². The number of nitrogens with one attached hydrogen (secondary N) is 1. The molecule has 0 saturated heterocycles. The Hall–Kier alpha value is -1.96. The molecule has 2 aromatic heterocycles. The number of imidazole rings is 1. The van der Waals surface area contributed by atoms with Crippen molar-refractivity contribution in [3.8, 4) is 0 Å². The fourth-order valence-corrected chi connectivity index (χ4v) is 1.96. The Morgan fingerprint density at radius 3 is 2.95 bits per heavy atom. The Morgan fingerprint density at radius 1 is 1.53 bits per heavy atom. The molecule has 1 N–H and O–H groups in total. The van der Waals surface area contributed by atoms with Crippen molar-refractivity contribution in [3.05, 3.63) is 45.1 Å². The zero-order valence-corrected chi connectivity index (χ0v) is 11.8. The fraction of sp³-hybridized carbons (Fsp3) is 0.273. The van der Waals surface area contributed by atoms with E-state index in [1.54, 1.807) is 12.5 Å². The molecule has 0 unspecified atom stereocenters. The van der Waals surface area contributed by atoms with Crippen LogP contribution in [-0.2, 0) is 13.5 Å². The van der Waals surface area contributed by atoms with Crippen LogP contribution in [0.4, 0.5) is 11.5 Å². The molecule has 0 amide bonds. The topological polar surface area (TPSA) is 85.9 Å². The Morgan fingerprint density at radius 2 is 2.32 bits per heavy atom. The molecular formula is C11H12BrN5O2. The van der Waals surface area contributed by atoms with Crippen molar-refractivity contribution >= 4 is 27.4 Å². The average Bonchev–Trinajstić information content (AvgIpc) is 2.77. The zero-order chi connectivity index (χ0) is 13.8. The molecule has 2 rings (SSSR count). The van der Waals surface area contributed by atoms with Crippen LogP contribution in [-0.4, -0.2) is 26.0 Å². The summed E-state index contributed by atoms with van der Waals surface area (Å²) in [6.07, 6.45) is 5.73. The molecule has 0 aliphatic rings. The third-order valence-corrected chi connectivity index (χ3v) is 3.05. The molecule has 8 heteroatoms. The maximum atomic E-state index is 10.9. The van der Waals surface area contributed by atoms with Crippen LogP contribution < -0.4 is 5.32 Å². The summed E-state index contributed by atoms with van der Waals surface area (Å²) >= 11 is 3.17. The van der Waals surface area contributed by atoms with Gasteiger partial charge in [0.2, 0.25) is 5.82 Å². The van der Waals surface area contributed by atoms with Crippen LogP contribution in [0.5, 0.6) is 0 Å². The second-order valence-corrected chi connectivity index (χ2v) is 4.87. The van der Waals surface area contributed by atoms with Gasteiger partial charge in [-0.2, -0.15) is 0 Å². The molecule has 0 atom stereocenters. The first-order valence-corrected chi connectivity index (χ1v) is 6.36. The first-order chi connectivity index (χ1) is 9.08. The summed E-state index contributed by atoms with van der Waals surface area (Å²) in [7, 11) is 1.91. The van der Waals surface area contributed by atoms with Gasteiger partial charge < -0.3 is 9.88 Å². The van der Waals surface area contributed by atoms with E-state index in [-0.39, 0.29) is 11.5 Å². The van der Waals surface area contributed by atoms with E-state index in [0.717, 1.165) is 5.69 Å². The van der Waals surface area contributed by atoms with Gasteiger partial charge in [-0.1, -0.05) is 0 Å². The van der Waals surface area contributed by atoms with Crippen LogP contribution in [0.15, 0.2) is 29.3 Å². The molecule has 100 valence electrons. The van der Waals surface area contributed by atoms with Crippen molar-refractivity contribution in [2.24, 2.45) is 7.05 Å². The molecule has 2 heterocycles. The molecule has 0 aromatic carbocycles. The highest BCUT2D eigenvalue weighted by Crippen LogP contribution is 2.25. The summed E-state index contributed by atoms with van der Waals surface area (Å²) in [5.41, 5.74) is 1.01. The Balaban J connectivity index is 2.03. The zero-order valence-electron chi connectivity index (χ0n) is 10.2. The number of anilines is 1. The van der Waals surface area contributed by atoms with Gasteiger partial charge in [0.05, 0.1) is 11.3 Å². The normalized spacial score (nSPS) is 10.4. The second kappa shape index (κ2) is 5.79. The highest BCUT2D eigenvalue weighted by Gasteiger charge is 2.15. The Kier molecular flexibility index (Phi) is 4.10. The first kappa shape index (κ1) is 13.5. The van der Waals surface area contributed by atoms with E-state index in [2.05, 4.69) is 31.2 Å². The summed E-state index contributed by atoms with van der Waals surface area (Å²) in [5, 5.41) is 13.9. The Bertz CT molecular complexity index is 599. The van der Waals surface area contributed by atoms with Gasteiger partial charge in [-0.05, 0) is 15.9 Å². The minimum absolute atomic E-state index is 0.0422. The number of nitrogens with zero attached hydrogens (tertiary/aromatic N) is 4. The van der Waals surface area contributed by atoms with E-state index in [4.69, 9.17) is 0 Å². The van der Waals surface area contributed by atoms with E-state index < -0.39 is 4.92 Å². The fourth-order valence-electron chi connectivity index (χ4n) is 1.64. The standard InChI is InChI=1S/C11H12BrN5O2/c1-16-7-13-6-9(16)2-3-14-11-10(17(18)19)4-8(12)5-15-11/h4-7H,2-3H2,1H3,(H,14,15). The number of aromatic nitrogens is 3. The summed E-state index contributed by atoms with van der Waals surface area (Å²) in [6, 6.07) is 1.43. The molecular weight excluding hydrogens is 314 g/mol. The quantitative estimate of drug-likeness (QED) is 0.672. The van der Waals surface area contributed by atoms with Crippen molar-refractivity contribution in [2.45, 2.75) is 6.42 Å². The molecule has 19 heavy (non-hydrogen) atoms. The lowest BCUT2D eigenvalue weighted by Crippen LogP contribution is -2.10. The molecule has 0 saturated carbocycles. The summed E-state index contributed by atoms with van der Waals surface area (Å²) in [4.78, 5) is 18.5. The Labute approximate surface area is 118 Å². The van der Waals surface area contributed by atoms with Crippen LogP contribution in [0.25, 0.3) is 0 Å². The van der Waals surface area contributed by atoms with Gasteiger partial charge in [0.15, 0.2) is 0 Å². The number of hydrogen-bond acceptors (Lipinski definition) is 5. The van der Waals surface area contributed by atoms with Gasteiger partial charge in [0, 0.05) is 48.6 Å². The van der Waals surface area contributed by atoms with Gasteiger partial charge in [-0.25, -0.2) is 9.97 Å². The van der Waals surface area contributed by atoms with Gasteiger partial charge in [0.25, 0.3) is 0 Å². The molecule has 0 fully saturated rings. The van der Waals surface area contributed by atoms with E-state index >= 15 is 0 Å². The smallest absolute Gasteiger partial charge is 0.312 e. The minimum atomic E-state index is -0.454. The lowest BCUT2D eigenvalue weighted by atomic mass is 10.3. The minimum Gasteiger partial charge on any atom is -0.364 e. The highest BCUT2D eigenvalue weighted by atomic mass is 79.9. The molecule has 0 spiro atoms. The highest BCUT2D eigenvalue weighted by molar-refractivity contribution is 9.10. The lowest BCUT2D eigenvalue weighted by molar-refractivity contribution is -0.384. The maximum absolute atomic E-state index is 10.9.